The molecule has 0 saturated carbocycles. The molecule has 6 heteroatoms. The van der Waals surface area contributed by atoms with Crippen LogP contribution in [0.2, 0.25) is 0 Å². The predicted octanol–water partition coefficient (Wildman–Crippen LogP) is 1.42. The van der Waals surface area contributed by atoms with E-state index in [0.29, 0.717) is 12.3 Å². The SMILES string of the molecule is C#CC(Cn1cc(OC(C)=O)c2ccccc21)(NCCC)C(N)=O. The normalized spacial score (nSPS) is 13.2. The van der Waals surface area contributed by atoms with Crippen molar-refractivity contribution in [3.8, 4) is 18.1 Å². The van der Waals surface area contributed by atoms with Crippen LogP contribution in [0.15, 0.2) is 30.5 Å². The Morgan fingerprint density at radius 1 is 1.42 bits per heavy atom. The zero-order valence-electron chi connectivity index (χ0n) is 13.8. The predicted molar refractivity (Wildman–Crippen MR) is 92.3 cm³/mol. The van der Waals surface area contributed by atoms with Gasteiger partial charge in [-0.1, -0.05) is 25.0 Å². The maximum absolute atomic E-state index is 12.0. The summed E-state index contributed by atoms with van der Waals surface area (Å²) < 4.78 is 7.03. The molecule has 3 N–H and O–H groups in total. The van der Waals surface area contributed by atoms with Crippen molar-refractivity contribution in [1.29, 1.82) is 0 Å². The summed E-state index contributed by atoms with van der Waals surface area (Å²) in [5, 5.41) is 3.82. The van der Waals surface area contributed by atoms with Gasteiger partial charge in [0.25, 0.3) is 5.91 Å². The van der Waals surface area contributed by atoms with Gasteiger partial charge in [0.2, 0.25) is 0 Å². The number of rotatable bonds is 7. The van der Waals surface area contributed by atoms with Gasteiger partial charge in [0.05, 0.1) is 12.1 Å². The number of hydrogen-bond acceptors (Lipinski definition) is 4. The van der Waals surface area contributed by atoms with Crippen LogP contribution in [0.4, 0.5) is 0 Å². The number of carbonyl (C=O) groups is 2. The molecule has 24 heavy (non-hydrogen) atoms. The molecule has 126 valence electrons. The van der Waals surface area contributed by atoms with Crippen LogP contribution >= 0.6 is 0 Å². The molecule has 0 bridgehead atoms. The first-order chi connectivity index (χ1) is 11.4. The summed E-state index contributed by atoms with van der Waals surface area (Å²) in [6.07, 6.45) is 8.09. The Morgan fingerprint density at radius 2 is 2.12 bits per heavy atom. The van der Waals surface area contributed by atoms with Crippen LogP contribution in [0.5, 0.6) is 5.75 Å². The molecule has 1 amide bonds. The summed E-state index contributed by atoms with van der Waals surface area (Å²) >= 11 is 0. The molecule has 0 aliphatic carbocycles. The number of amides is 1. The average Bonchev–Trinajstić information content (AvgIpc) is 2.88. The Balaban J connectivity index is 2.49. The summed E-state index contributed by atoms with van der Waals surface area (Å²) in [6.45, 7) is 4.01. The largest absolute Gasteiger partial charge is 0.424 e. The number of primary amides is 1. The number of terminal acetylenes is 1. The van der Waals surface area contributed by atoms with Crippen molar-refractivity contribution in [2.75, 3.05) is 6.54 Å². The monoisotopic (exact) mass is 327 g/mol. The van der Waals surface area contributed by atoms with Gasteiger partial charge in [-0.3, -0.25) is 14.9 Å². The summed E-state index contributed by atoms with van der Waals surface area (Å²) in [4.78, 5) is 23.3. The van der Waals surface area contributed by atoms with Gasteiger partial charge < -0.3 is 15.0 Å². The van der Waals surface area contributed by atoms with Crippen LogP contribution in [0, 0.1) is 12.3 Å². The molecule has 0 aliphatic rings. The Kier molecular flexibility index (Phi) is 5.27. The second-order valence-electron chi connectivity index (χ2n) is 5.57. The van der Waals surface area contributed by atoms with Crippen molar-refractivity contribution in [2.24, 2.45) is 5.73 Å². The third-order valence-corrected chi connectivity index (χ3v) is 3.76. The number of nitrogens with one attached hydrogen (secondary N) is 1. The number of carbonyl (C=O) groups excluding carboxylic acids is 2. The quantitative estimate of drug-likeness (QED) is 0.595. The van der Waals surface area contributed by atoms with E-state index in [1.807, 2.05) is 31.2 Å². The van der Waals surface area contributed by atoms with Gasteiger partial charge in [0.1, 0.15) is 0 Å². The topological polar surface area (TPSA) is 86.3 Å². The molecule has 0 aliphatic heterocycles. The van der Waals surface area contributed by atoms with Gasteiger partial charge in [-0.2, -0.15) is 0 Å². The molecule has 1 aromatic carbocycles. The van der Waals surface area contributed by atoms with E-state index in [9.17, 15) is 9.59 Å². The highest BCUT2D eigenvalue weighted by Crippen LogP contribution is 2.29. The minimum absolute atomic E-state index is 0.139. The third kappa shape index (κ3) is 3.42. The van der Waals surface area contributed by atoms with Crippen LogP contribution in [-0.4, -0.2) is 28.5 Å². The van der Waals surface area contributed by atoms with Crippen LogP contribution < -0.4 is 15.8 Å². The van der Waals surface area contributed by atoms with Crippen molar-refractivity contribution < 1.29 is 14.3 Å². The highest BCUT2D eigenvalue weighted by atomic mass is 16.5. The van der Waals surface area contributed by atoms with Gasteiger partial charge in [0.15, 0.2) is 11.3 Å². The Morgan fingerprint density at radius 3 is 2.71 bits per heavy atom. The van der Waals surface area contributed by atoms with Crippen LogP contribution in [0.1, 0.15) is 20.3 Å². The standard InChI is InChI=1S/C18H21N3O3/c1-4-10-20-18(5-2,17(19)23)12-21-11-16(24-13(3)22)14-8-6-7-9-15(14)21/h2,6-9,11,20H,4,10,12H2,1,3H3,(H2,19,23). The molecule has 1 unspecified atom stereocenters. The lowest BCUT2D eigenvalue weighted by molar-refractivity contribution is -0.131. The molecule has 1 atom stereocenters. The lowest BCUT2D eigenvalue weighted by Crippen LogP contribution is -2.57. The van der Waals surface area contributed by atoms with Crippen LogP contribution in [0.3, 0.4) is 0 Å². The number of aromatic nitrogens is 1. The number of fused-ring (bicyclic) bond motifs is 1. The summed E-state index contributed by atoms with van der Waals surface area (Å²) in [7, 11) is 0. The molecular formula is C18H21N3O3. The van der Waals surface area contributed by atoms with E-state index in [1.165, 1.54) is 6.92 Å². The summed E-state index contributed by atoms with van der Waals surface area (Å²) in [5.41, 5.74) is 5.04. The molecular weight excluding hydrogens is 306 g/mol. The van der Waals surface area contributed by atoms with Crippen LogP contribution in [-0.2, 0) is 16.1 Å². The van der Waals surface area contributed by atoms with Crippen molar-refractivity contribution >= 4 is 22.8 Å². The Bertz CT molecular complexity index is 803. The van der Waals surface area contributed by atoms with E-state index < -0.39 is 17.4 Å². The lowest BCUT2D eigenvalue weighted by Gasteiger charge is -2.27. The number of nitrogens with zero attached hydrogens (tertiary/aromatic N) is 1. The van der Waals surface area contributed by atoms with Gasteiger partial charge >= 0.3 is 5.97 Å². The van der Waals surface area contributed by atoms with Gasteiger partial charge in [0, 0.05) is 18.5 Å². The molecule has 0 saturated heterocycles. The Hall–Kier alpha value is -2.78. The minimum Gasteiger partial charge on any atom is -0.424 e. The maximum Gasteiger partial charge on any atom is 0.308 e. The number of para-hydroxylation sites is 1. The fraction of sp³-hybridized carbons (Fsp3) is 0.333. The van der Waals surface area contributed by atoms with Crippen molar-refractivity contribution in [3.05, 3.63) is 30.5 Å². The smallest absolute Gasteiger partial charge is 0.308 e. The zero-order chi connectivity index (χ0) is 17.7. The van der Waals surface area contributed by atoms with Gasteiger partial charge in [-0.05, 0) is 25.1 Å². The first-order valence-corrected chi connectivity index (χ1v) is 7.72. The number of esters is 1. The fourth-order valence-corrected chi connectivity index (χ4v) is 2.56. The zero-order valence-corrected chi connectivity index (χ0v) is 13.8. The average molecular weight is 327 g/mol. The van der Waals surface area contributed by atoms with E-state index in [1.54, 1.807) is 10.8 Å². The second-order valence-corrected chi connectivity index (χ2v) is 5.57. The fourth-order valence-electron chi connectivity index (χ4n) is 2.56. The van der Waals surface area contributed by atoms with Gasteiger partial charge in [-0.25, -0.2) is 0 Å². The molecule has 1 aromatic heterocycles. The maximum atomic E-state index is 12.0. The Labute approximate surface area is 141 Å². The van der Waals surface area contributed by atoms with Gasteiger partial charge in [-0.15, -0.1) is 6.42 Å². The molecule has 0 spiro atoms. The van der Waals surface area contributed by atoms with Crippen molar-refractivity contribution in [2.45, 2.75) is 32.4 Å². The highest BCUT2D eigenvalue weighted by Gasteiger charge is 2.35. The highest BCUT2D eigenvalue weighted by molar-refractivity contribution is 5.91. The number of benzene rings is 1. The first kappa shape index (κ1) is 17.6. The molecule has 2 rings (SSSR count). The van der Waals surface area contributed by atoms with Crippen LogP contribution in [0.25, 0.3) is 10.9 Å². The lowest BCUT2D eigenvalue weighted by atomic mass is 9.99. The number of ether oxygens (including phenoxy) is 1. The summed E-state index contributed by atoms with van der Waals surface area (Å²) in [5.74, 6) is 1.88. The molecule has 6 nitrogen and oxygen atoms in total. The van der Waals surface area contributed by atoms with E-state index in [-0.39, 0.29) is 6.54 Å². The summed E-state index contributed by atoms with van der Waals surface area (Å²) in [6, 6.07) is 7.41. The first-order valence-electron chi connectivity index (χ1n) is 7.72. The third-order valence-electron chi connectivity index (χ3n) is 3.76. The molecule has 0 fully saturated rings. The molecule has 2 aromatic rings. The number of nitrogens with two attached hydrogens (primary N) is 1. The number of hydrogen-bond donors (Lipinski definition) is 2. The van der Waals surface area contributed by atoms with Crippen molar-refractivity contribution in [3.63, 3.8) is 0 Å². The van der Waals surface area contributed by atoms with Crippen molar-refractivity contribution in [1.82, 2.24) is 9.88 Å². The molecule has 1 heterocycles. The molecule has 0 radical (unpaired) electrons. The van der Waals surface area contributed by atoms with E-state index in [4.69, 9.17) is 16.9 Å². The van der Waals surface area contributed by atoms with E-state index in [2.05, 4.69) is 11.2 Å². The van der Waals surface area contributed by atoms with E-state index in [0.717, 1.165) is 17.3 Å². The van der Waals surface area contributed by atoms with E-state index >= 15 is 0 Å². The minimum atomic E-state index is -1.31. The second kappa shape index (κ2) is 7.20.